The first-order valence-electron chi connectivity index (χ1n) is 9.52. The average Bonchev–Trinajstić information content (AvgIpc) is 2.88. The number of hydrogen-bond donors (Lipinski definition) is 1. The molecule has 2 aliphatic heterocycles. The number of amides is 3. The smallest absolute Gasteiger partial charge is 0.261 e. The van der Waals surface area contributed by atoms with Crippen LogP contribution in [0.25, 0.3) is 0 Å². The molecule has 1 aromatic rings. The molecular formula is C20H27N3O3. The minimum Gasteiger partial charge on any atom is -0.356 e. The highest BCUT2D eigenvalue weighted by Crippen LogP contribution is 2.23. The molecule has 0 bridgehead atoms. The maximum atomic E-state index is 12.4. The van der Waals surface area contributed by atoms with E-state index in [-0.39, 0.29) is 30.7 Å². The van der Waals surface area contributed by atoms with E-state index in [2.05, 4.69) is 10.2 Å². The minimum absolute atomic E-state index is 0.114. The van der Waals surface area contributed by atoms with Gasteiger partial charge in [-0.3, -0.25) is 19.3 Å². The lowest BCUT2D eigenvalue weighted by atomic mass is 10.1. The van der Waals surface area contributed by atoms with Crippen LogP contribution in [-0.2, 0) is 4.79 Å². The van der Waals surface area contributed by atoms with Crippen molar-refractivity contribution in [2.45, 2.75) is 39.0 Å². The number of carbonyl (C=O) groups is 3. The van der Waals surface area contributed by atoms with E-state index in [9.17, 15) is 14.4 Å². The van der Waals surface area contributed by atoms with E-state index in [0.717, 1.165) is 31.6 Å². The largest absolute Gasteiger partial charge is 0.356 e. The number of aryl methyl sites for hydroxylation is 1. The molecule has 0 atom stereocenters. The summed E-state index contributed by atoms with van der Waals surface area (Å²) in [6, 6.07) is 5.24. The van der Waals surface area contributed by atoms with Crippen LogP contribution in [0.2, 0.25) is 0 Å². The van der Waals surface area contributed by atoms with E-state index in [1.807, 2.05) is 13.0 Å². The van der Waals surface area contributed by atoms with E-state index < -0.39 is 0 Å². The number of rotatable bonds is 7. The number of imide groups is 1. The van der Waals surface area contributed by atoms with Gasteiger partial charge in [-0.2, -0.15) is 0 Å². The van der Waals surface area contributed by atoms with Gasteiger partial charge in [0.05, 0.1) is 11.1 Å². The van der Waals surface area contributed by atoms with E-state index in [1.165, 1.54) is 24.2 Å². The highest BCUT2D eigenvalue weighted by Gasteiger charge is 2.35. The molecule has 0 saturated carbocycles. The summed E-state index contributed by atoms with van der Waals surface area (Å²) >= 11 is 0. The van der Waals surface area contributed by atoms with Gasteiger partial charge in [0.1, 0.15) is 0 Å². The van der Waals surface area contributed by atoms with Crippen molar-refractivity contribution in [2.24, 2.45) is 0 Å². The van der Waals surface area contributed by atoms with Crippen LogP contribution in [0.3, 0.4) is 0 Å². The molecule has 0 aromatic heterocycles. The van der Waals surface area contributed by atoms with Crippen molar-refractivity contribution >= 4 is 17.7 Å². The zero-order valence-corrected chi connectivity index (χ0v) is 15.4. The number of carbonyl (C=O) groups excluding carboxylic acids is 3. The number of benzene rings is 1. The number of fused-ring (bicyclic) bond motifs is 1. The SMILES string of the molecule is Cc1ccc2c(c1)C(=O)N(CCC(=O)NCCCN1CCCCC1)C2=O. The van der Waals surface area contributed by atoms with Gasteiger partial charge in [-0.25, -0.2) is 0 Å². The summed E-state index contributed by atoms with van der Waals surface area (Å²) in [4.78, 5) is 40.3. The van der Waals surface area contributed by atoms with Crippen LogP contribution < -0.4 is 5.32 Å². The Bertz CT molecular complexity index is 696. The van der Waals surface area contributed by atoms with Crippen LogP contribution in [-0.4, -0.2) is 60.2 Å². The molecule has 140 valence electrons. The first-order valence-corrected chi connectivity index (χ1v) is 9.52. The number of hydrogen-bond acceptors (Lipinski definition) is 4. The standard InChI is InChI=1S/C20H27N3O3/c1-15-6-7-16-17(14-15)20(26)23(19(16)25)13-8-18(24)21-9-5-12-22-10-3-2-4-11-22/h6-7,14H,2-5,8-13H2,1H3,(H,21,24). The fourth-order valence-corrected chi connectivity index (χ4v) is 3.62. The van der Waals surface area contributed by atoms with Crippen LogP contribution >= 0.6 is 0 Å². The Hall–Kier alpha value is -2.21. The van der Waals surface area contributed by atoms with Gasteiger partial charge in [0.15, 0.2) is 0 Å². The minimum atomic E-state index is -0.303. The molecule has 6 heteroatoms. The molecule has 0 spiro atoms. The number of piperidine rings is 1. The quantitative estimate of drug-likeness (QED) is 0.598. The molecule has 0 aliphatic carbocycles. The first-order chi connectivity index (χ1) is 12.6. The lowest BCUT2D eigenvalue weighted by Crippen LogP contribution is -2.36. The van der Waals surface area contributed by atoms with Gasteiger partial charge >= 0.3 is 0 Å². The van der Waals surface area contributed by atoms with Crippen LogP contribution in [0.5, 0.6) is 0 Å². The van der Waals surface area contributed by atoms with Gasteiger partial charge in [0.2, 0.25) is 5.91 Å². The Morgan fingerprint density at radius 1 is 1.04 bits per heavy atom. The van der Waals surface area contributed by atoms with Crippen molar-refractivity contribution in [1.82, 2.24) is 15.1 Å². The van der Waals surface area contributed by atoms with Crippen molar-refractivity contribution < 1.29 is 14.4 Å². The molecule has 1 N–H and O–H groups in total. The Morgan fingerprint density at radius 3 is 2.54 bits per heavy atom. The van der Waals surface area contributed by atoms with Crippen molar-refractivity contribution in [1.29, 1.82) is 0 Å². The number of nitrogens with one attached hydrogen (secondary N) is 1. The van der Waals surface area contributed by atoms with Crippen LogP contribution in [0.15, 0.2) is 18.2 Å². The molecule has 0 radical (unpaired) electrons. The zero-order valence-electron chi connectivity index (χ0n) is 15.4. The van der Waals surface area contributed by atoms with Crippen LogP contribution in [0.1, 0.15) is 58.4 Å². The van der Waals surface area contributed by atoms with Crippen molar-refractivity contribution in [3.8, 4) is 0 Å². The van der Waals surface area contributed by atoms with E-state index >= 15 is 0 Å². The molecule has 1 aromatic carbocycles. The Kier molecular flexibility index (Phi) is 6.04. The molecule has 0 unspecified atom stereocenters. The van der Waals surface area contributed by atoms with Gasteiger partial charge < -0.3 is 10.2 Å². The van der Waals surface area contributed by atoms with Crippen LogP contribution in [0.4, 0.5) is 0 Å². The second-order valence-electron chi connectivity index (χ2n) is 7.17. The zero-order chi connectivity index (χ0) is 18.5. The molecule has 26 heavy (non-hydrogen) atoms. The lowest BCUT2D eigenvalue weighted by molar-refractivity contribution is -0.121. The predicted molar refractivity (Wildman–Crippen MR) is 99.1 cm³/mol. The molecule has 1 saturated heterocycles. The Labute approximate surface area is 154 Å². The number of nitrogens with zero attached hydrogens (tertiary/aromatic N) is 2. The van der Waals surface area contributed by atoms with Gasteiger partial charge in [0, 0.05) is 19.5 Å². The van der Waals surface area contributed by atoms with Gasteiger partial charge in [-0.05, 0) is 58.0 Å². The average molecular weight is 357 g/mol. The summed E-state index contributed by atoms with van der Waals surface area (Å²) in [5.74, 6) is -0.717. The Morgan fingerprint density at radius 2 is 1.77 bits per heavy atom. The second-order valence-corrected chi connectivity index (χ2v) is 7.17. The summed E-state index contributed by atoms with van der Waals surface area (Å²) in [5, 5.41) is 2.89. The fraction of sp³-hybridized carbons (Fsp3) is 0.550. The second kappa shape index (κ2) is 8.45. The van der Waals surface area contributed by atoms with Gasteiger partial charge in [0.25, 0.3) is 11.8 Å². The molecule has 6 nitrogen and oxygen atoms in total. The van der Waals surface area contributed by atoms with Crippen LogP contribution in [0, 0.1) is 6.92 Å². The van der Waals surface area contributed by atoms with E-state index in [4.69, 9.17) is 0 Å². The van der Waals surface area contributed by atoms with Crippen molar-refractivity contribution in [3.05, 3.63) is 34.9 Å². The van der Waals surface area contributed by atoms with Crippen molar-refractivity contribution in [2.75, 3.05) is 32.7 Å². The topological polar surface area (TPSA) is 69.7 Å². The molecule has 2 aliphatic rings. The molecule has 1 fully saturated rings. The maximum absolute atomic E-state index is 12.4. The summed E-state index contributed by atoms with van der Waals surface area (Å²) in [5.41, 5.74) is 1.82. The third kappa shape index (κ3) is 4.30. The lowest BCUT2D eigenvalue weighted by Gasteiger charge is -2.26. The van der Waals surface area contributed by atoms with Gasteiger partial charge in [-0.15, -0.1) is 0 Å². The van der Waals surface area contributed by atoms with E-state index in [0.29, 0.717) is 17.7 Å². The fourth-order valence-electron chi connectivity index (χ4n) is 3.62. The normalized spacial score (nSPS) is 17.5. The summed E-state index contributed by atoms with van der Waals surface area (Å²) in [7, 11) is 0. The predicted octanol–water partition coefficient (Wildman–Crippen LogP) is 1.97. The van der Waals surface area contributed by atoms with E-state index in [1.54, 1.807) is 12.1 Å². The van der Waals surface area contributed by atoms with Crippen molar-refractivity contribution in [3.63, 3.8) is 0 Å². The summed E-state index contributed by atoms with van der Waals surface area (Å²) < 4.78 is 0. The molecule has 3 amide bonds. The molecular weight excluding hydrogens is 330 g/mol. The third-order valence-corrected chi connectivity index (χ3v) is 5.11. The Balaban J connectivity index is 1.39. The number of likely N-dealkylation sites (tertiary alicyclic amines) is 1. The summed E-state index contributed by atoms with van der Waals surface area (Å²) in [6.45, 7) is 5.98. The highest BCUT2D eigenvalue weighted by molar-refractivity contribution is 6.21. The highest BCUT2D eigenvalue weighted by atomic mass is 16.2. The first kappa shape index (κ1) is 18.6. The third-order valence-electron chi connectivity index (χ3n) is 5.11. The molecule has 2 heterocycles. The molecule has 3 rings (SSSR count). The monoisotopic (exact) mass is 357 g/mol. The van der Waals surface area contributed by atoms with Gasteiger partial charge in [-0.1, -0.05) is 18.1 Å². The summed E-state index contributed by atoms with van der Waals surface area (Å²) in [6.07, 6.45) is 4.94. The maximum Gasteiger partial charge on any atom is 0.261 e.